The summed E-state index contributed by atoms with van der Waals surface area (Å²) in [5.41, 5.74) is -0.0324. The van der Waals surface area contributed by atoms with Gasteiger partial charge in [0.15, 0.2) is 0 Å². The van der Waals surface area contributed by atoms with Gasteiger partial charge in [-0.3, -0.25) is 4.79 Å². The number of piperidine rings is 1. The van der Waals surface area contributed by atoms with Crippen molar-refractivity contribution in [2.75, 3.05) is 13.1 Å². The minimum Gasteiger partial charge on any atom is -0.481 e. The van der Waals surface area contributed by atoms with Crippen LogP contribution in [0.15, 0.2) is 18.3 Å². The van der Waals surface area contributed by atoms with Crippen molar-refractivity contribution < 1.29 is 14.7 Å². The third-order valence-electron chi connectivity index (χ3n) is 3.72. The number of aliphatic carboxylic acids is 1. The first-order chi connectivity index (χ1) is 9.51. The lowest BCUT2D eigenvalue weighted by molar-refractivity contribution is -0.150. The first kappa shape index (κ1) is 14.2. The standard InChI is InChI=1S/C13H18N4O3/c1-13(11(18)19)4-7-17(8-5-13)12(20)14-9-10-3-2-6-15-16-10/h2-3,6H,4-5,7-9H2,1H3,(H,14,20)(H,18,19). The number of carbonyl (C=O) groups is 2. The number of carboxylic acid groups (broad SMARTS) is 1. The maximum absolute atomic E-state index is 12.0. The number of hydrogen-bond donors (Lipinski definition) is 2. The smallest absolute Gasteiger partial charge is 0.317 e. The normalized spacial score (nSPS) is 17.6. The quantitative estimate of drug-likeness (QED) is 0.855. The molecule has 2 rings (SSSR count). The Morgan fingerprint density at radius 2 is 2.15 bits per heavy atom. The molecule has 2 heterocycles. The van der Waals surface area contributed by atoms with Gasteiger partial charge in [0.1, 0.15) is 0 Å². The Hall–Kier alpha value is -2.18. The van der Waals surface area contributed by atoms with Gasteiger partial charge in [-0.2, -0.15) is 10.2 Å². The third-order valence-corrected chi connectivity index (χ3v) is 3.72. The van der Waals surface area contributed by atoms with Crippen LogP contribution in [0, 0.1) is 5.41 Å². The molecular weight excluding hydrogens is 260 g/mol. The van der Waals surface area contributed by atoms with Crippen LogP contribution in [0.3, 0.4) is 0 Å². The van der Waals surface area contributed by atoms with E-state index in [9.17, 15) is 9.59 Å². The molecule has 0 unspecified atom stereocenters. The highest BCUT2D eigenvalue weighted by atomic mass is 16.4. The fourth-order valence-corrected chi connectivity index (χ4v) is 2.12. The van der Waals surface area contributed by atoms with Gasteiger partial charge >= 0.3 is 12.0 Å². The Bertz CT molecular complexity index is 484. The van der Waals surface area contributed by atoms with E-state index in [1.807, 2.05) is 0 Å². The molecule has 1 aliphatic rings. The molecule has 1 aliphatic heterocycles. The molecule has 1 saturated heterocycles. The van der Waals surface area contributed by atoms with E-state index >= 15 is 0 Å². The maximum atomic E-state index is 12.0. The number of carboxylic acids is 1. The average Bonchev–Trinajstić information content (AvgIpc) is 2.46. The number of likely N-dealkylation sites (tertiary alicyclic amines) is 1. The van der Waals surface area contributed by atoms with Crippen molar-refractivity contribution in [1.82, 2.24) is 20.4 Å². The van der Waals surface area contributed by atoms with Crippen molar-refractivity contribution >= 4 is 12.0 Å². The summed E-state index contributed by atoms with van der Waals surface area (Å²) in [7, 11) is 0. The van der Waals surface area contributed by atoms with Crippen LogP contribution in [0.25, 0.3) is 0 Å². The Labute approximate surface area is 117 Å². The highest BCUT2D eigenvalue weighted by molar-refractivity contribution is 5.76. The highest BCUT2D eigenvalue weighted by Gasteiger charge is 2.37. The van der Waals surface area contributed by atoms with E-state index in [1.54, 1.807) is 30.2 Å². The van der Waals surface area contributed by atoms with Gasteiger partial charge in [-0.1, -0.05) is 0 Å². The number of urea groups is 1. The third kappa shape index (κ3) is 3.23. The summed E-state index contributed by atoms with van der Waals surface area (Å²) in [5, 5.41) is 19.5. The molecular formula is C13H18N4O3. The molecule has 0 spiro atoms. The average molecular weight is 278 g/mol. The van der Waals surface area contributed by atoms with Gasteiger partial charge in [0, 0.05) is 19.3 Å². The van der Waals surface area contributed by atoms with Gasteiger partial charge in [0.2, 0.25) is 0 Å². The minimum atomic E-state index is -0.794. The molecule has 108 valence electrons. The molecule has 1 aromatic rings. The van der Waals surface area contributed by atoms with Crippen LogP contribution in [0.5, 0.6) is 0 Å². The molecule has 2 N–H and O–H groups in total. The zero-order valence-corrected chi connectivity index (χ0v) is 11.4. The van der Waals surface area contributed by atoms with Gasteiger partial charge in [-0.25, -0.2) is 4.79 Å². The summed E-state index contributed by atoms with van der Waals surface area (Å²) in [5.74, 6) is -0.794. The lowest BCUT2D eigenvalue weighted by atomic mass is 9.80. The number of hydrogen-bond acceptors (Lipinski definition) is 4. The van der Waals surface area contributed by atoms with E-state index in [0.717, 1.165) is 0 Å². The van der Waals surface area contributed by atoms with Gasteiger partial charge in [-0.15, -0.1) is 0 Å². The molecule has 0 aromatic carbocycles. The molecule has 0 aliphatic carbocycles. The van der Waals surface area contributed by atoms with Crippen LogP contribution < -0.4 is 5.32 Å². The zero-order chi connectivity index (χ0) is 14.6. The molecule has 0 saturated carbocycles. The molecule has 1 fully saturated rings. The van der Waals surface area contributed by atoms with E-state index in [-0.39, 0.29) is 6.03 Å². The molecule has 7 heteroatoms. The summed E-state index contributed by atoms with van der Waals surface area (Å²) < 4.78 is 0. The molecule has 1 aromatic heterocycles. The predicted molar refractivity (Wildman–Crippen MR) is 70.8 cm³/mol. The molecule has 0 atom stereocenters. The largest absolute Gasteiger partial charge is 0.481 e. The Morgan fingerprint density at radius 1 is 1.45 bits per heavy atom. The van der Waals surface area contributed by atoms with Crippen LogP contribution in [0.4, 0.5) is 4.79 Å². The summed E-state index contributed by atoms with van der Waals surface area (Å²) in [6, 6.07) is 3.35. The molecule has 20 heavy (non-hydrogen) atoms. The van der Waals surface area contributed by atoms with Gasteiger partial charge in [0.05, 0.1) is 17.7 Å². The van der Waals surface area contributed by atoms with Crippen LogP contribution >= 0.6 is 0 Å². The zero-order valence-electron chi connectivity index (χ0n) is 11.4. The highest BCUT2D eigenvalue weighted by Crippen LogP contribution is 2.30. The van der Waals surface area contributed by atoms with Crippen molar-refractivity contribution in [3.63, 3.8) is 0 Å². The van der Waals surface area contributed by atoms with E-state index in [2.05, 4.69) is 15.5 Å². The number of amides is 2. The molecule has 2 amide bonds. The first-order valence-corrected chi connectivity index (χ1v) is 6.54. The number of rotatable bonds is 3. The maximum Gasteiger partial charge on any atom is 0.317 e. The summed E-state index contributed by atoms with van der Waals surface area (Å²) in [6.07, 6.45) is 2.52. The van der Waals surface area contributed by atoms with E-state index in [1.165, 1.54) is 0 Å². The second-order valence-electron chi connectivity index (χ2n) is 5.23. The Balaban J connectivity index is 1.82. The first-order valence-electron chi connectivity index (χ1n) is 6.54. The monoisotopic (exact) mass is 278 g/mol. The predicted octanol–water partition coefficient (Wildman–Crippen LogP) is 0.873. The number of aromatic nitrogens is 2. The van der Waals surface area contributed by atoms with Gasteiger partial charge in [-0.05, 0) is 31.9 Å². The summed E-state index contributed by atoms with van der Waals surface area (Å²) in [6.45, 7) is 2.95. The van der Waals surface area contributed by atoms with Crippen molar-refractivity contribution in [2.45, 2.75) is 26.3 Å². The van der Waals surface area contributed by atoms with Crippen LogP contribution in [-0.4, -0.2) is 45.3 Å². The van der Waals surface area contributed by atoms with E-state index in [4.69, 9.17) is 5.11 Å². The Kier molecular flexibility index (Phi) is 4.16. The topological polar surface area (TPSA) is 95.4 Å². The van der Waals surface area contributed by atoms with E-state index < -0.39 is 11.4 Å². The fraction of sp³-hybridized carbons (Fsp3) is 0.538. The molecule has 0 radical (unpaired) electrons. The van der Waals surface area contributed by atoms with Gasteiger partial charge < -0.3 is 15.3 Å². The number of nitrogens with one attached hydrogen (secondary N) is 1. The van der Waals surface area contributed by atoms with Gasteiger partial charge in [0.25, 0.3) is 0 Å². The SMILES string of the molecule is CC1(C(=O)O)CCN(C(=O)NCc2cccnn2)CC1. The van der Waals surface area contributed by atoms with Crippen LogP contribution in [0.2, 0.25) is 0 Å². The molecule has 7 nitrogen and oxygen atoms in total. The number of carbonyl (C=O) groups excluding carboxylic acids is 1. The summed E-state index contributed by atoms with van der Waals surface area (Å²) in [4.78, 5) is 24.7. The van der Waals surface area contributed by atoms with Crippen LogP contribution in [0.1, 0.15) is 25.5 Å². The lowest BCUT2D eigenvalue weighted by Crippen LogP contribution is -2.48. The summed E-state index contributed by atoms with van der Waals surface area (Å²) >= 11 is 0. The second-order valence-corrected chi connectivity index (χ2v) is 5.23. The lowest BCUT2D eigenvalue weighted by Gasteiger charge is -2.36. The van der Waals surface area contributed by atoms with Crippen molar-refractivity contribution in [2.24, 2.45) is 5.41 Å². The fourth-order valence-electron chi connectivity index (χ4n) is 2.12. The number of nitrogens with zero attached hydrogens (tertiary/aromatic N) is 3. The minimum absolute atomic E-state index is 0.192. The van der Waals surface area contributed by atoms with Crippen molar-refractivity contribution in [1.29, 1.82) is 0 Å². The second kappa shape index (κ2) is 5.85. The van der Waals surface area contributed by atoms with E-state index in [0.29, 0.717) is 38.2 Å². The van der Waals surface area contributed by atoms with Crippen molar-refractivity contribution in [3.05, 3.63) is 24.0 Å². The molecule has 0 bridgehead atoms. The van der Waals surface area contributed by atoms with Crippen LogP contribution in [-0.2, 0) is 11.3 Å². The van der Waals surface area contributed by atoms with Crippen molar-refractivity contribution in [3.8, 4) is 0 Å². The Morgan fingerprint density at radius 3 is 2.70 bits per heavy atom.